The predicted octanol–water partition coefficient (Wildman–Crippen LogP) is 7.07. The first-order valence-corrected chi connectivity index (χ1v) is 14.4. The average Bonchev–Trinajstić information content (AvgIpc) is 3.05. The van der Waals surface area contributed by atoms with E-state index in [4.69, 9.17) is 9.05 Å². The molecular formula is C27H31F3N5O4P. The predicted molar refractivity (Wildman–Crippen MR) is 146 cm³/mol. The lowest BCUT2D eigenvalue weighted by molar-refractivity contribution is -0.137. The van der Waals surface area contributed by atoms with Crippen molar-refractivity contribution < 1.29 is 31.6 Å². The van der Waals surface area contributed by atoms with Crippen LogP contribution < -0.4 is 10.6 Å². The smallest absolute Gasteiger partial charge is 0.339 e. The molecule has 13 heteroatoms. The number of halogens is 3. The summed E-state index contributed by atoms with van der Waals surface area (Å²) >= 11 is 0. The molecule has 0 fully saturated rings. The minimum atomic E-state index is -4.74. The zero-order valence-electron chi connectivity index (χ0n) is 22.8. The highest BCUT2D eigenvalue weighted by molar-refractivity contribution is 7.53. The number of hydrogen-bond donors (Lipinski definition) is 2. The van der Waals surface area contributed by atoms with Gasteiger partial charge in [0.1, 0.15) is 11.4 Å². The molecule has 0 aliphatic carbocycles. The van der Waals surface area contributed by atoms with Crippen LogP contribution in [-0.4, -0.2) is 41.0 Å². The van der Waals surface area contributed by atoms with Crippen LogP contribution >= 0.6 is 7.60 Å². The lowest BCUT2D eigenvalue weighted by Crippen LogP contribution is -2.35. The van der Waals surface area contributed by atoms with Crippen molar-refractivity contribution >= 4 is 36.6 Å². The lowest BCUT2D eigenvalue weighted by Gasteiger charge is -2.28. The number of amides is 1. The molecule has 0 bridgehead atoms. The Morgan fingerprint density at radius 1 is 1.02 bits per heavy atom. The summed E-state index contributed by atoms with van der Waals surface area (Å²) in [6.45, 7) is 7.68. The van der Waals surface area contributed by atoms with Gasteiger partial charge in [0.15, 0.2) is 0 Å². The van der Waals surface area contributed by atoms with Crippen LogP contribution in [0.4, 0.5) is 36.3 Å². The molecule has 2 N–H and O–H groups in total. The molecule has 0 radical (unpaired) electrons. The van der Waals surface area contributed by atoms with Crippen LogP contribution in [-0.2, 0) is 31.5 Å². The van der Waals surface area contributed by atoms with E-state index in [0.29, 0.717) is 28.6 Å². The maximum atomic E-state index is 13.9. The van der Waals surface area contributed by atoms with Gasteiger partial charge >= 0.3 is 13.8 Å². The monoisotopic (exact) mass is 577 g/mol. The van der Waals surface area contributed by atoms with Gasteiger partial charge in [-0.05, 0) is 57.0 Å². The number of rotatable bonds is 10. The number of nitrogens with one attached hydrogen (secondary N) is 2. The molecule has 214 valence electrons. The zero-order valence-corrected chi connectivity index (χ0v) is 23.7. The molecule has 0 unspecified atom stereocenters. The number of benzene rings is 2. The van der Waals surface area contributed by atoms with Crippen molar-refractivity contribution in [3.63, 3.8) is 0 Å². The van der Waals surface area contributed by atoms with Crippen LogP contribution in [0.1, 0.15) is 54.7 Å². The number of nitrogens with zero attached hydrogens (tertiary/aromatic N) is 3. The molecule has 1 aliphatic heterocycles. The quantitative estimate of drug-likeness (QED) is 0.247. The number of anilines is 4. The van der Waals surface area contributed by atoms with Crippen LogP contribution in [0.15, 0.2) is 48.7 Å². The Labute approximate surface area is 230 Å². The van der Waals surface area contributed by atoms with E-state index in [2.05, 4.69) is 20.6 Å². The normalized spacial score (nSPS) is 14.8. The summed E-state index contributed by atoms with van der Waals surface area (Å²) in [4.78, 5) is 22.5. The van der Waals surface area contributed by atoms with Crippen LogP contribution in [0, 0.1) is 0 Å². The Kier molecular flexibility index (Phi) is 8.26. The second-order valence-corrected chi connectivity index (χ2v) is 11.7. The SMILES string of the molecule is CCOP(=O)(Cc1ccc(Nc2ncc(C(F)(F)F)c(Nc3cccc4c3C(=O)N(C)C4(C)C)n2)cc1)OCC. The summed E-state index contributed by atoms with van der Waals surface area (Å²) in [6.07, 6.45) is -3.98. The summed E-state index contributed by atoms with van der Waals surface area (Å²) in [5.74, 6) is -0.888. The number of carbonyl (C=O) groups is 1. The third-order valence-electron chi connectivity index (χ3n) is 6.67. The van der Waals surface area contributed by atoms with Crippen LogP contribution in [0.3, 0.4) is 0 Å². The lowest BCUT2D eigenvalue weighted by atomic mass is 9.93. The van der Waals surface area contributed by atoms with Crippen molar-refractivity contribution in [1.82, 2.24) is 14.9 Å². The van der Waals surface area contributed by atoms with E-state index >= 15 is 0 Å². The standard InChI is InChI=1S/C27H31F3N5O4P/c1-6-38-40(37,39-7-2)16-17-11-13-18(14-12-17)32-25-31-15-20(27(28,29)30)23(34-25)33-21-10-8-9-19-22(21)24(36)35(5)26(19,3)4/h8-15H,6-7,16H2,1-5H3,(H2,31,32,33,34). The Hall–Kier alpha value is -3.47. The maximum Gasteiger partial charge on any atom is 0.421 e. The first-order chi connectivity index (χ1) is 18.8. The van der Waals surface area contributed by atoms with E-state index in [0.717, 1.165) is 0 Å². The second kappa shape index (κ2) is 11.2. The molecule has 2 heterocycles. The van der Waals surface area contributed by atoms with Crippen LogP contribution in [0.25, 0.3) is 0 Å². The van der Waals surface area contributed by atoms with Crippen molar-refractivity contribution in [2.75, 3.05) is 30.9 Å². The second-order valence-electron chi connectivity index (χ2n) is 9.66. The van der Waals surface area contributed by atoms with Gasteiger partial charge in [0, 0.05) is 18.9 Å². The fourth-order valence-corrected chi connectivity index (χ4v) is 6.14. The first-order valence-electron chi connectivity index (χ1n) is 12.7. The highest BCUT2D eigenvalue weighted by Crippen LogP contribution is 2.51. The third-order valence-corrected chi connectivity index (χ3v) is 8.72. The Morgan fingerprint density at radius 3 is 2.27 bits per heavy atom. The maximum absolute atomic E-state index is 13.9. The van der Waals surface area contributed by atoms with Gasteiger partial charge in [-0.25, -0.2) is 4.98 Å². The van der Waals surface area contributed by atoms with Crippen molar-refractivity contribution in [1.29, 1.82) is 0 Å². The Balaban J connectivity index is 1.62. The molecule has 4 rings (SSSR count). The van der Waals surface area contributed by atoms with E-state index in [1.54, 1.807) is 68.3 Å². The van der Waals surface area contributed by atoms with Gasteiger partial charge in [-0.3, -0.25) is 9.36 Å². The molecule has 3 aromatic rings. The Morgan fingerprint density at radius 2 is 1.68 bits per heavy atom. The summed E-state index contributed by atoms with van der Waals surface area (Å²) < 4.78 is 65.1. The van der Waals surface area contributed by atoms with Crippen molar-refractivity contribution in [2.24, 2.45) is 0 Å². The molecule has 0 atom stereocenters. The molecule has 1 aliphatic rings. The Bertz CT molecular complexity index is 1440. The van der Waals surface area contributed by atoms with Crippen molar-refractivity contribution in [2.45, 2.75) is 45.6 Å². The van der Waals surface area contributed by atoms with E-state index in [9.17, 15) is 22.5 Å². The number of carbonyl (C=O) groups excluding carboxylic acids is 1. The largest absolute Gasteiger partial charge is 0.421 e. The summed E-state index contributed by atoms with van der Waals surface area (Å²) in [7, 11) is -1.64. The highest BCUT2D eigenvalue weighted by atomic mass is 31.2. The molecule has 2 aromatic carbocycles. The molecule has 1 aromatic heterocycles. The van der Waals surface area contributed by atoms with Gasteiger partial charge in [-0.2, -0.15) is 18.2 Å². The van der Waals surface area contributed by atoms with E-state index in [1.165, 1.54) is 0 Å². The van der Waals surface area contributed by atoms with Crippen molar-refractivity contribution in [3.8, 4) is 0 Å². The van der Waals surface area contributed by atoms with Gasteiger partial charge in [0.05, 0.1) is 36.2 Å². The van der Waals surface area contributed by atoms with Crippen molar-refractivity contribution in [3.05, 3.63) is 70.9 Å². The number of alkyl halides is 3. The molecule has 9 nitrogen and oxygen atoms in total. The summed E-state index contributed by atoms with van der Waals surface area (Å²) in [6, 6.07) is 11.7. The van der Waals surface area contributed by atoms with Crippen LogP contribution in [0.5, 0.6) is 0 Å². The third kappa shape index (κ3) is 5.99. The van der Waals surface area contributed by atoms with Gasteiger partial charge < -0.3 is 24.6 Å². The molecule has 0 saturated carbocycles. The van der Waals surface area contributed by atoms with Gasteiger partial charge in [-0.15, -0.1) is 0 Å². The van der Waals surface area contributed by atoms with E-state index in [-0.39, 0.29) is 36.9 Å². The molecule has 0 saturated heterocycles. The number of fused-ring (bicyclic) bond motifs is 1. The fraction of sp³-hybridized carbons (Fsp3) is 0.370. The van der Waals surface area contributed by atoms with E-state index in [1.807, 2.05) is 13.8 Å². The van der Waals surface area contributed by atoms with Gasteiger partial charge in [-0.1, -0.05) is 24.3 Å². The minimum absolute atomic E-state index is 0.0753. The van der Waals surface area contributed by atoms with Gasteiger partial charge in [0.2, 0.25) is 5.95 Å². The van der Waals surface area contributed by atoms with Gasteiger partial charge in [0.25, 0.3) is 5.91 Å². The summed E-state index contributed by atoms with van der Waals surface area (Å²) in [5, 5.41) is 5.63. The molecular weight excluding hydrogens is 546 g/mol. The average molecular weight is 578 g/mol. The van der Waals surface area contributed by atoms with Crippen LogP contribution in [0.2, 0.25) is 0 Å². The van der Waals surface area contributed by atoms with E-state index < -0.39 is 30.7 Å². The molecule has 1 amide bonds. The first kappa shape index (κ1) is 29.5. The number of aromatic nitrogens is 2. The number of hydrogen-bond acceptors (Lipinski definition) is 8. The zero-order chi connectivity index (χ0) is 29.3. The fourth-order valence-electron chi connectivity index (χ4n) is 4.44. The highest BCUT2D eigenvalue weighted by Gasteiger charge is 2.42. The molecule has 0 spiro atoms. The topological polar surface area (TPSA) is 106 Å². The summed E-state index contributed by atoms with van der Waals surface area (Å²) in [5.41, 5.74) is 0.700. The molecule has 40 heavy (non-hydrogen) atoms. The minimum Gasteiger partial charge on any atom is -0.339 e.